The highest BCUT2D eigenvalue weighted by Crippen LogP contribution is 2.27. The van der Waals surface area contributed by atoms with E-state index in [9.17, 15) is 15.0 Å². The summed E-state index contributed by atoms with van der Waals surface area (Å²) in [4.78, 5) is 11.4. The van der Waals surface area contributed by atoms with Crippen LogP contribution in [0.3, 0.4) is 0 Å². The number of rotatable bonds is 9. The number of ether oxygens (including phenoxy) is 5. The molecule has 6 atom stereocenters. The number of aliphatic hydroxyl groups is 3. The van der Waals surface area contributed by atoms with Crippen LogP contribution >= 0.6 is 0 Å². The molecule has 172 valence electrons. The zero-order chi connectivity index (χ0) is 22.0. The van der Waals surface area contributed by atoms with E-state index in [0.29, 0.717) is 19.6 Å². The average molecular weight is 423 g/mol. The van der Waals surface area contributed by atoms with Gasteiger partial charge in [0.15, 0.2) is 18.7 Å². The first-order chi connectivity index (χ1) is 13.7. The maximum atomic E-state index is 11.4. The van der Waals surface area contributed by atoms with Crippen molar-refractivity contribution in [2.24, 2.45) is 11.8 Å². The van der Waals surface area contributed by atoms with E-state index in [2.05, 4.69) is 0 Å². The lowest BCUT2D eigenvalue weighted by molar-refractivity contribution is -0.182. The fraction of sp³-hybridized carbons (Fsp3) is 0.950. The van der Waals surface area contributed by atoms with Gasteiger partial charge in [-0.2, -0.15) is 0 Å². The molecule has 2 saturated heterocycles. The molecule has 9 heteroatoms. The van der Waals surface area contributed by atoms with E-state index >= 15 is 0 Å². The van der Waals surface area contributed by atoms with E-state index in [1.54, 1.807) is 6.92 Å². The van der Waals surface area contributed by atoms with Gasteiger partial charge in [-0.05, 0) is 47.5 Å². The predicted molar refractivity (Wildman–Crippen MR) is 104 cm³/mol. The van der Waals surface area contributed by atoms with Gasteiger partial charge in [-0.25, -0.2) is 4.79 Å². The molecule has 2 aliphatic rings. The van der Waals surface area contributed by atoms with Gasteiger partial charge >= 0.3 is 5.97 Å². The number of hydrogen-bond acceptors (Lipinski definition) is 9. The smallest absolute Gasteiger partial charge is 0.335 e. The maximum Gasteiger partial charge on any atom is 0.335 e. The van der Waals surface area contributed by atoms with E-state index in [4.69, 9.17) is 28.8 Å². The minimum Gasteiger partial charge on any atom is -0.464 e. The molecule has 0 aromatic rings. The molecule has 0 spiro atoms. The van der Waals surface area contributed by atoms with Crippen molar-refractivity contribution in [2.45, 2.75) is 84.5 Å². The SMILES string of the molecule is CC(C)OC1OCCC1C(O)CO.CCOC(=O)C(O)C1CCOC1OC(C)C. The topological polar surface area (TPSA) is 124 Å². The van der Waals surface area contributed by atoms with E-state index in [-0.39, 0.29) is 43.5 Å². The van der Waals surface area contributed by atoms with Crippen LogP contribution in [0.4, 0.5) is 0 Å². The normalized spacial score (nSPS) is 28.9. The van der Waals surface area contributed by atoms with Gasteiger partial charge < -0.3 is 39.0 Å². The molecule has 3 N–H and O–H groups in total. The minimum absolute atomic E-state index is 0.00000412. The van der Waals surface area contributed by atoms with Gasteiger partial charge in [0.1, 0.15) is 0 Å². The Kier molecular flexibility index (Phi) is 12.2. The van der Waals surface area contributed by atoms with E-state index in [0.717, 1.165) is 6.42 Å². The summed E-state index contributed by atoms with van der Waals surface area (Å²) in [7, 11) is 0. The highest BCUT2D eigenvalue weighted by Gasteiger charge is 2.39. The molecule has 29 heavy (non-hydrogen) atoms. The van der Waals surface area contributed by atoms with Crippen LogP contribution in [-0.2, 0) is 28.5 Å². The first-order valence-corrected chi connectivity index (χ1v) is 10.4. The highest BCUT2D eigenvalue weighted by molar-refractivity contribution is 5.74. The Morgan fingerprint density at radius 3 is 1.90 bits per heavy atom. The first kappa shape index (κ1) is 26.2. The zero-order valence-electron chi connectivity index (χ0n) is 18.2. The van der Waals surface area contributed by atoms with Gasteiger partial charge in [-0.3, -0.25) is 0 Å². The van der Waals surface area contributed by atoms with Crippen molar-refractivity contribution in [1.29, 1.82) is 0 Å². The van der Waals surface area contributed by atoms with Crippen molar-refractivity contribution >= 4 is 5.97 Å². The van der Waals surface area contributed by atoms with Crippen LogP contribution in [0.1, 0.15) is 47.5 Å². The van der Waals surface area contributed by atoms with Crippen molar-refractivity contribution in [3.63, 3.8) is 0 Å². The number of hydrogen-bond donors (Lipinski definition) is 3. The second-order valence-corrected chi connectivity index (χ2v) is 7.70. The summed E-state index contributed by atoms with van der Waals surface area (Å²) < 4.78 is 26.3. The molecule has 0 bridgehead atoms. The fourth-order valence-electron chi connectivity index (χ4n) is 3.20. The van der Waals surface area contributed by atoms with Crippen molar-refractivity contribution < 1.29 is 43.8 Å². The molecule has 2 heterocycles. The van der Waals surface area contributed by atoms with Crippen molar-refractivity contribution in [3.8, 4) is 0 Å². The second-order valence-electron chi connectivity index (χ2n) is 7.70. The molecular weight excluding hydrogens is 384 g/mol. The van der Waals surface area contributed by atoms with Crippen LogP contribution in [0.15, 0.2) is 0 Å². The molecular formula is C20H38O9. The third kappa shape index (κ3) is 8.84. The molecule has 0 amide bonds. The number of aliphatic hydroxyl groups excluding tert-OH is 3. The predicted octanol–water partition coefficient (Wildman–Crippen LogP) is 0.825. The lowest BCUT2D eigenvalue weighted by Crippen LogP contribution is -2.38. The lowest BCUT2D eigenvalue weighted by Gasteiger charge is -2.23. The summed E-state index contributed by atoms with van der Waals surface area (Å²) >= 11 is 0. The Balaban J connectivity index is 0.000000296. The summed E-state index contributed by atoms with van der Waals surface area (Å²) in [5.41, 5.74) is 0. The van der Waals surface area contributed by atoms with Crippen LogP contribution in [0.2, 0.25) is 0 Å². The number of esters is 1. The second kappa shape index (κ2) is 13.5. The van der Waals surface area contributed by atoms with Crippen LogP contribution in [-0.4, -0.2) is 84.7 Å². The number of carbonyl (C=O) groups excluding carboxylic acids is 1. The highest BCUT2D eigenvalue weighted by atomic mass is 16.7. The summed E-state index contributed by atoms with van der Waals surface area (Å²) in [6, 6.07) is 0. The van der Waals surface area contributed by atoms with E-state index in [1.807, 2.05) is 27.7 Å². The van der Waals surface area contributed by atoms with Crippen molar-refractivity contribution in [2.75, 3.05) is 26.4 Å². The van der Waals surface area contributed by atoms with Gasteiger partial charge in [0.25, 0.3) is 0 Å². The maximum absolute atomic E-state index is 11.4. The molecule has 6 unspecified atom stereocenters. The summed E-state index contributed by atoms with van der Waals surface area (Å²) in [6.45, 7) is 10.4. The molecule has 2 aliphatic heterocycles. The fourth-order valence-corrected chi connectivity index (χ4v) is 3.20. The summed E-state index contributed by atoms with van der Waals surface area (Å²) in [6.07, 6.45) is -1.33. The third-order valence-electron chi connectivity index (χ3n) is 4.59. The Bertz CT molecular complexity index is 457. The van der Waals surface area contributed by atoms with Crippen LogP contribution in [0.25, 0.3) is 0 Å². The van der Waals surface area contributed by atoms with E-state index < -0.39 is 24.5 Å². The first-order valence-electron chi connectivity index (χ1n) is 10.4. The molecule has 0 saturated carbocycles. The van der Waals surface area contributed by atoms with Gasteiger partial charge in [-0.15, -0.1) is 0 Å². The Labute approximate surface area is 173 Å². The van der Waals surface area contributed by atoms with Crippen LogP contribution < -0.4 is 0 Å². The average Bonchev–Trinajstić information content (AvgIpc) is 3.29. The largest absolute Gasteiger partial charge is 0.464 e. The molecule has 0 aliphatic carbocycles. The molecule has 9 nitrogen and oxygen atoms in total. The molecule has 2 fully saturated rings. The number of carbonyl (C=O) groups is 1. The molecule has 2 rings (SSSR count). The van der Waals surface area contributed by atoms with Gasteiger partial charge in [0, 0.05) is 11.8 Å². The Morgan fingerprint density at radius 2 is 1.45 bits per heavy atom. The molecule has 0 aromatic heterocycles. The van der Waals surface area contributed by atoms with E-state index in [1.165, 1.54) is 0 Å². The van der Waals surface area contributed by atoms with Gasteiger partial charge in [-0.1, -0.05) is 0 Å². The Hall–Kier alpha value is -0.810. The van der Waals surface area contributed by atoms with Gasteiger partial charge in [0.05, 0.1) is 44.7 Å². The standard InChI is InChI=1S/C11H20O5.C9H18O4/c1-4-14-10(13)9(12)8-5-6-15-11(8)16-7(2)3;1-6(2)13-9-7(3-4-12-9)8(11)5-10/h7-9,11-12H,4-6H2,1-3H3;6-11H,3-5H2,1-2H3. The molecule has 0 radical (unpaired) electrons. The quantitative estimate of drug-likeness (QED) is 0.463. The third-order valence-corrected chi connectivity index (χ3v) is 4.59. The van der Waals surface area contributed by atoms with Crippen molar-refractivity contribution in [3.05, 3.63) is 0 Å². The lowest BCUT2D eigenvalue weighted by atomic mass is 10.0. The van der Waals surface area contributed by atoms with Crippen molar-refractivity contribution in [1.82, 2.24) is 0 Å². The van der Waals surface area contributed by atoms with Crippen LogP contribution in [0, 0.1) is 11.8 Å². The molecule has 0 aromatic carbocycles. The Morgan fingerprint density at radius 1 is 0.966 bits per heavy atom. The monoisotopic (exact) mass is 422 g/mol. The minimum atomic E-state index is -1.16. The summed E-state index contributed by atoms with van der Waals surface area (Å²) in [5.74, 6) is -1.02. The van der Waals surface area contributed by atoms with Crippen LogP contribution in [0.5, 0.6) is 0 Å². The van der Waals surface area contributed by atoms with Gasteiger partial charge in [0.2, 0.25) is 0 Å². The zero-order valence-corrected chi connectivity index (χ0v) is 18.2. The summed E-state index contributed by atoms with van der Waals surface area (Å²) in [5, 5.41) is 28.0.